The Balaban J connectivity index is 1.85. The molecule has 2 aliphatic heterocycles. The summed E-state index contributed by atoms with van der Waals surface area (Å²) in [5, 5.41) is 6.10. The molecule has 1 aromatic rings. The number of thioether (sulfide) groups is 1. The Labute approximate surface area is 122 Å². The second-order valence-corrected chi connectivity index (χ2v) is 6.12. The van der Waals surface area contributed by atoms with Crippen molar-refractivity contribution >= 4 is 29.3 Å². The van der Waals surface area contributed by atoms with Crippen LogP contribution in [0.25, 0.3) is 0 Å². The van der Waals surface area contributed by atoms with Crippen molar-refractivity contribution in [3.05, 3.63) is 23.8 Å². The van der Waals surface area contributed by atoms with Gasteiger partial charge in [-0.1, -0.05) is 0 Å². The highest BCUT2D eigenvalue weighted by Crippen LogP contribution is 2.32. The van der Waals surface area contributed by atoms with E-state index in [-0.39, 0.29) is 17.9 Å². The highest BCUT2D eigenvalue weighted by molar-refractivity contribution is 8.00. The minimum Gasteiger partial charge on any atom is -0.333 e. The van der Waals surface area contributed by atoms with Gasteiger partial charge in [0.25, 0.3) is 5.91 Å². The van der Waals surface area contributed by atoms with Crippen molar-refractivity contribution in [2.24, 2.45) is 0 Å². The third-order valence-corrected chi connectivity index (χ3v) is 4.70. The molecular formula is C14H17N3O2S. The van der Waals surface area contributed by atoms with Gasteiger partial charge in [-0.25, -0.2) is 0 Å². The van der Waals surface area contributed by atoms with E-state index >= 15 is 0 Å². The van der Waals surface area contributed by atoms with Crippen LogP contribution < -0.4 is 10.6 Å². The van der Waals surface area contributed by atoms with Crippen LogP contribution in [0.3, 0.4) is 0 Å². The van der Waals surface area contributed by atoms with Gasteiger partial charge in [0, 0.05) is 36.1 Å². The maximum Gasteiger partial charge on any atom is 0.254 e. The molecule has 20 heavy (non-hydrogen) atoms. The Morgan fingerprint density at radius 2 is 2.30 bits per heavy atom. The first-order valence-electron chi connectivity index (χ1n) is 6.73. The fourth-order valence-corrected chi connectivity index (χ4v) is 3.31. The molecule has 2 N–H and O–H groups in total. The van der Waals surface area contributed by atoms with Gasteiger partial charge in [0.2, 0.25) is 5.91 Å². The van der Waals surface area contributed by atoms with E-state index in [9.17, 15) is 9.59 Å². The van der Waals surface area contributed by atoms with Gasteiger partial charge >= 0.3 is 0 Å². The third-order valence-electron chi connectivity index (χ3n) is 3.62. The minimum atomic E-state index is -0.0114. The van der Waals surface area contributed by atoms with Gasteiger partial charge < -0.3 is 15.5 Å². The number of fused-ring (bicyclic) bond motifs is 1. The lowest BCUT2D eigenvalue weighted by Crippen LogP contribution is -2.52. The van der Waals surface area contributed by atoms with Gasteiger partial charge in [0.15, 0.2) is 0 Å². The number of anilines is 1. The lowest BCUT2D eigenvalue weighted by atomic mass is 10.1. The summed E-state index contributed by atoms with van der Waals surface area (Å²) >= 11 is 1.51. The SMILES string of the molecule is CC1CNCCN1C(=O)c1ccc2c(c1)NC(=O)CS2. The van der Waals surface area contributed by atoms with Gasteiger partial charge in [-0.3, -0.25) is 9.59 Å². The average molecular weight is 291 g/mol. The van der Waals surface area contributed by atoms with Crippen LogP contribution in [-0.2, 0) is 4.79 Å². The molecule has 2 amide bonds. The molecule has 0 aliphatic carbocycles. The zero-order chi connectivity index (χ0) is 14.1. The quantitative estimate of drug-likeness (QED) is 0.815. The molecule has 5 nitrogen and oxygen atoms in total. The molecule has 0 bridgehead atoms. The summed E-state index contributed by atoms with van der Waals surface area (Å²) in [5.41, 5.74) is 1.39. The van der Waals surface area contributed by atoms with Crippen LogP contribution in [0.15, 0.2) is 23.1 Å². The number of nitrogens with zero attached hydrogens (tertiary/aromatic N) is 1. The monoisotopic (exact) mass is 291 g/mol. The summed E-state index contributed by atoms with van der Waals surface area (Å²) < 4.78 is 0. The number of hydrogen-bond acceptors (Lipinski definition) is 4. The first-order valence-corrected chi connectivity index (χ1v) is 7.72. The van der Waals surface area contributed by atoms with E-state index in [1.807, 2.05) is 24.0 Å². The largest absolute Gasteiger partial charge is 0.333 e. The summed E-state index contributed by atoms with van der Waals surface area (Å²) in [7, 11) is 0. The van der Waals surface area contributed by atoms with Gasteiger partial charge in [-0.05, 0) is 25.1 Å². The van der Waals surface area contributed by atoms with Gasteiger partial charge in [-0.15, -0.1) is 11.8 Å². The second-order valence-electron chi connectivity index (χ2n) is 5.10. The lowest BCUT2D eigenvalue weighted by Gasteiger charge is -2.34. The van der Waals surface area contributed by atoms with Crippen molar-refractivity contribution in [2.45, 2.75) is 17.9 Å². The molecule has 0 spiro atoms. The number of nitrogens with one attached hydrogen (secondary N) is 2. The van der Waals surface area contributed by atoms with E-state index in [1.54, 1.807) is 6.07 Å². The van der Waals surface area contributed by atoms with E-state index < -0.39 is 0 Å². The first-order chi connectivity index (χ1) is 9.65. The lowest BCUT2D eigenvalue weighted by molar-refractivity contribution is -0.113. The third kappa shape index (κ3) is 2.53. The average Bonchev–Trinajstić information content (AvgIpc) is 2.46. The number of hydrogen-bond donors (Lipinski definition) is 2. The van der Waals surface area contributed by atoms with Crippen LogP contribution >= 0.6 is 11.8 Å². The van der Waals surface area contributed by atoms with Crippen molar-refractivity contribution in [3.8, 4) is 0 Å². The normalized spacial score (nSPS) is 22.1. The molecule has 2 heterocycles. The van der Waals surface area contributed by atoms with Crippen LogP contribution in [0.5, 0.6) is 0 Å². The molecule has 1 aromatic carbocycles. The van der Waals surface area contributed by atoms with Crippen LogP contribution in [0.1, 0.15) is 17.3 Å². The van der Waals surface area contributed by atoms with E-state index in [4.69, 9.17) is 0 Å². The topological polar surface area (TPSA) is 61.4 Å². The van der Waals surface area contributed by atoms with Crippen LogP contribution in [0, 0.1) is 0 Å². The maximum absolute atomic E-state index is 12.6. The van der Waals surface area contributed by atoms with E-state index in [0.717, 1.165) is 30.2 Å². The molecule has 1 saturated heterocycles. The van der Waals surface area contributed by atoms with Crippen LogP contribution in [-0.4, -0.2) is 48.1 Å². The Morgan fingerprint density at radius 3 is 3.10 bits per heavy atom. The molecular weight excluding hydrogens is 274 g/mol. The van der Waals surface area contributed by atoms with Gasteiger partial charge in [0.05, 0.1) is 11.4 Å². The zero-order valence-electron chi connectivity index (χ0n) is 11.3. The predicted octanol–water partition coefficient (Wildman–Crippen LogP) is 1.16. The van der Waals surface area contributed by atoms with Crippen molar-refractivity contribution in [3.63, 3.8) is 0 Å². The Kier molecular flexibility index (Phi) is 3.67. The highest BCUT2D eigenvalue weighted by Gasteiger charge is 2.25. The summed E-state index contributed by atoms with van der Waals surface area (Å²) in [6, 6.07) is 5.74. The zero-order valence-corrected chi connectivity index (χ0v) is 12.1. The molecule has 106 valence electrons. The van der Waals surface area contributed by atoms with Gasteiger partial charge in [0.1, 0.15) is 0 Å². The Morgan fingerprint density at radius 1 is 1.45 bits per heavy atom. The van der Waals surface area contributed by atoms with E-state index in [2.05, 4.69) is 10.6 Å². The number of amides is 2. The Bertz CT molecular complexity index is 561. The number of rotatable bonds is 1. The first kappa shape index (κ1) is 13.5. The van der Waals surface area contributed by atoms with Crippen LogP contribution in [0.4, 0.5) is 5.69 Å². The summed E-state index contributed by atoms with van der Waals surface area (Å²) in [5.74, 6) is 0.462. The summed E-state index contributed by atoms with van der Waals surface area (Å²) in [6.45, 7) is 4.41. The van der Waals surface area contributed by atoms with Crippen molar-refractivity contribution in [1.82, 2.24) is 10.2 Å². The molecule has 3 rings (SSSR count). The summed E-state index contributed by atoms with van der Waals surface area (Å²) in [4.78, 5) is 26.9. The van der Waals surface area contributed by atoms with Crippen molar-refractivity contribution in [2.75, 3.05) is 30.7 Å². The molecule has 0 aromatic heterocycles. The standard InChI is InChI=1S/C14H17N3O2S/c1-9-7-15-4-5-17(9)14(19)10-2-3-12-11(6-10)16-13(18)8-20-12/h2-3,6,9,15H,4-5,7-8H2,1H3,(H,16,18). The van der Waals surface area contributed by atoms with Gasteiger partial charge in [-0.2, -0.15) is 0 Å². The molecule has 0 saturated carbocycles. The fourth-order valence-electron chi connectivity index (χ4n) is 2.52. The van der Waals surface area contributed by atoms with Crippen molar-refractivity contribution < 1.29 is 9.59 Å². The van der Waals surface area contributed by atoms with E-state index in [0.29, 0.717) is 11.3 Å². The van der Waals surface area contributed by atoms with Crippen molar-refractivity contribution in [1.29, 1.82) is 0 Å². The minimum absolute atomic E-state index is 0.0114. The summed E-state index contributed by atoms with van der Waals surface area (Å²) in [6.07, 6.45) is 0. The highest BCUT2D eigenvalue weighted by atomic mass is 32.2. The van der Waals surface area contributed by atoms with Crippen LogP contribution in [0.2, 0.25) is 0 Å². The molecule has 6 heteroatoms. The fraction of sp³-hybridized carbons (Fsp3) is 0.429. The Hall–Kier alpha value is -1.53. The number of carbonyl (C=O) groups excluding carboxylic acids is 2. The molecule has 1 atom stereocenters. The maximum atomic E-state index is 12.6. The molecule has 1 unspecified atom stereocenters. The number of carbonyl (C=O) groups is 2. The molecule has 2 aliphatic rings. The smallest absolute Gasteiger partial charge is 0.254 e. The predicted molar refractivity (Wildman–Crippen MR) is 79.2 cm³/mol. The van der Waals surface area contributed by atoms with E-state index in [1.165, 1.54) is 11.8 Å². The number of benzene rings is 1. The second kappa shape index (κ2) is 5.46. The molecule has 0 radical (unpaired) electrons. The number of piperazine rings is 1. The molecule has 1 fully saturated rings.